The molecule has 1 unspecified atom stereocenters. The number of carbonyl (C=O) groups excluding carboxylic acids is 1. The van der Waals surface area contributed by atoms with Gasteiger partial charge in [-0.05, 0) is 37.1 Å². The summed E-state index contributed by atoms with van der Waals surface area (Å²) in [5.74, 6) is 0.868. The predicted molar refractivity (Wildman–Crippen MR) is 79.7 cm³/mol. The highest BCUT2D eigenvalue weighted by Gasteiger charge is 2.19. The maximum Gasteiger partial charge on any atom is 0.223 e. The highest BCUT2D eigenvalue weighted by atomic mass is 35.5. The van der Waals surface area contributed by atoms with E-state index in [2.05, 4.69) is 0 Å². The zero-order valence-electron chi connectivity index (χ0n) is 11.7. The molecule has 0 fully saturated rings. The first-order valence-corrected chi connectivity index (χ1v) is 7.00. The van der Waals surface area contributed by atoms with Crippen LogP contribution in [0, 0.1) is 0 Å². The topological polar surface area (TPSA) is 33.5 Å². The molecule has 2 rings (SSSR count). The summed E-state index contributed by atoms with van der Waals surface area (Å²) in [5, 5.41) is 0.710. The first-order chi connectivity index (χ1) is 9.59. The number of nitrogens with zero attached hydrogens (tertiary/aromatic N) is 1. The van der Waals surface area contributed by atoms with Gasteiger partial charge in [-0.25, -0.2) is 0 Å². The van der Waals surface area contributed by atoms with E-state index in [0.29, 0.717) is 17.9 Å². The van der Waals surface area contributed by atoms with Gasteiger partial charge in [0, 0.05) is 18.5 Å². The van der Waals surface area contributed by atoms with Crippen LogP contribution in [0.1, 0.15) is 30.7 Å². The van der Waals surface area contributed by atoms with Crippen molar-refractivity contribution in [1.29, 1.82) is 0 Å². The standard InChI is InChI=1S/C16H18ClNO2/c1-12(15-8-5-11-20-15)18(2)16(19)10-9-13-6-3-4-7-14(13)17/h3-8,11-12H,9-10H2,1-2H3. The van der Waals surface area contributed by atoms with Gasteiger partial charge in [-0.1, -0.05) is 29.8 Å². The molecule has 0 saturated carbocycles. The van der Waals surface area contributed by atoms with Crippen molar-refractivity contribution in [2.24, 2.45) is 0 Å². The van der Waals surface area contributed by atoms with Crippen molar-refractivity contribution in [3.63, 3.8) is 0 Å². The number of amides is 1. The molecule has 1 heterocycles. The SMILES string of the molecule is CC(c1ccco1)N(C)C(=O)CCc1ccccc1Cl. The second kappa shape index (κ2) is 6.62. The number of aryl methyl sites for hydroxylation is 1. The summed E-state index contributed by atoms with van der Waals surface area (Å²) < 4.78 is 5.33. The Morgan fingerprint density at radius 3 is 2.70 bits per heavy atom. The fourth-order valence-electron chi connectivity index (χ4n) is 2.05. The van der Waals surface area contributed by atoms with Gasteiger partial charge in [0.2, 0.25) is 5.91 Å². The summed E-state index contributed by atoms with van der Waals surface area (Å²) in [4.78, 5) is 13.9. The molecular formula is C16H18ClNO2. The average Bonchev–Trinajstić information content (AvgIpc) is 2.98. The third-order valence-corrected chi connectivity index (χ3v) is 3.86. The van der Waals surface area contributed by atoms with Crippen LogP contribution in [0.4, 0.5) is 0 Å². The lowest BCUT2D eigenvalue weighted by Gasteiger charge is -2.23. The van der Waals surface area contributed by atoms with Gasteiger partial charge in [0.1, 0.15) is 5.76 Å². The molecule has 0 aliphatic heterocycles. The van der Waals surface area contributed by atoms with Crippen LogP contribution in [-0.2, 0) is 11.2 Å². The third-order valence-electron chi connectivity index (χ3n) is 3.50. The van der Waals surface area contributed by atoms with Crippen molar-refractivity contribution in [3.05, 3.63) is 59.0 Å². The first-order valence-electron chi connectivity index (χ1n) is 6.62. The molecule has 4 heteroatoms. The molecule has 1 amide bonds. The smallest absolute Gasteiger partial charge is 0.223 e. The fraction of sp³-hybridized carbons (Fsp3) is 0.312. The Hall–Kier alpha value is -1.74. The third kappa shape index (κ3) is 3.42. The lowest BCUT2D eigenvalue weighted by Crippen LogP contribution is -2.29. The highest BCUT2D eigenvalue weighted by Crippen LogP contribution is 2.21. The largest absolute Gasteiger partial charge is 0.467 e. The number of hydrogen-bond donors (Lipinski definition) is 0. The van der Waals surface area contributed by atoms with Gasteiger partial charge in [0.15, 0.2) is 0 Å². The second-order valence-electron chi connectivity index (χ2n) is 4.79. The lowest BCUT2D eigenvalue weighted by atomic mass is 10.1. The predicted octanol–water partition coefficient (Wildman–Crippen LogP) is 4.09. The molecule has 0 aliphatic carbocycles. The molecule has 0 N–H and O–H groups in total. The molecular weight excluding hydrogens is 274 g/mol. The molecule has 20 heavy (non-hydrogen) atoms. The van der Waals surface area contributed by atoms with Crippen LogP contribution in [0.2, 0.25) is 5.02 Å². The summed E-state index contributed by atoms with van der Waals surface area (Å²) in [6.07, 6.45) is 2.70. The van der Waals surface area contributed by atoms with Gasteiger partial charge >= 0.3 is 0 Å². The molecule has 106 valence electrons. The number of benzene rings is 1. The van der Waals surface area contributed by atoms with Crippen LogP contribution in [0.5, 0.6) is 0 Å². The van der Waals surface area contributed by atoms with Gasteiger partial charge < -0.3 is 9.32 Å². The molecule has 0 spiro atoms. The van der Waals surface area contributed by atoms with Crippen molar-refractivity contribution in [2.45, 2.75) is 25.8 Å². The van der Waals surface area contributed by atoms with E-state index in [1.807, 2.05) is 43.3 Å². The summed E-state index contributed by atoms with van der Waals surface area (Å²) in [6, 6.07) is 11.3. The van der Waals surface area contributed by atoms with Crippen molar-refractivity contribution in [3.8, 4) is 0 Å². The van der Waals surface area contributed by atoms with E-state index in [0.717, 1.165) is 11.3 Å². The zero-order valence-corrected chi connectivity index (χ0v) is 12.4. The molecule has 0 aliphatic rings. The van der Waals surface area contributed by atoms with Crippen LogP contribution in [0.3, 0.4) is 0 Å². The molecule has 1 atom stereocenters. The maximum atomic E-state index is 12.2. The Balaban J connectivity index is 1.93. The molecule has 3 nitrogen and oxygen atoms in total. The minimum Gasteiger partial charge on any atom is -0.467 e. The average molecular weight is 292 g/mol. The summed E-state index contributed by atoms with van der Waals surface area (Å²) >= 11 is 6.09. The second-order valence-corrected chi connectivity index (χ2v) is 5.19. The van der Waals surface area contributed by atoms with Crippen LogP contribution < -0.4 is 0 Å². The Morgan fingerprint density at radius 1 is 1.30 bits per heavy atom. The molecule has 2 aromatic rings. The molecule has 0 bridgehead atoms. The van der Waals surface area contributed by atoms with Gasteiger partial charge in [0.05, 0.1) is 12.3 Å². The van der Waals surface area contributed by atoms with Gasteiger partial charge in [-0.3, -0.25) is 4.79 Å². The highest BCUT2D eigenvalue weighted by molar-refractivity contribution is 6.31. The van der Waals surface area contributed by atoms with Crippen LogP contribution in [-0.4, -0.2) is 17.9 Å². The monoisotopic (exact) mass is 291 g/mol. The Labute approximate surface area is 124 Å². The number of hydrogen-bond acceptors (Lipinski definition) is 2. The first kappa shape index (κ1) is 14.7. The Morgan fingerprint density at radius 2 is 2.05 bits per heavy atom. The van der Waals surface area contributed by atoms with Gasteiger partial charge in [-0.15, -0.1) is 0 Å². The summed E-state index contributed by atoms with van der Waals surface area (Å²) in [7, 11) is 1.79. The van der Waals surface area contributed by atoms with E-state index in [1.54, 1.807) is 18.2 Å². The number of furan rings is 1. The van der Waals surface area contributed by atoms with Crippen molar-refractivity contribution in [2.75, 3.05) is 7.05 Å². The summed E-state index contributed by atoms with van der Waals surface area (Å²) in [5.41, 5.74) is 1.00. The van der Waals surface area contributed by atoms with Crippen molar-refractivity contribution in [1.82, 2.24) is 4.90 Å². The van der Waals surface area contributed by atoms with E-state index >= 15 is 0 Å². The molecule has 1 aromatic carbocycles. The Bertz CT molecular complexity index is 566. The van der Waals surface area contributed by atoms with E-state index < -0.39 is 0 Å². The normalized spacial score (nSPS) is 12.2. The van der Waals surface area contributed by atoms with E-state index in [9.17, 15) is 4.79 Å². The van der Waals surface area contributed by atoms with Crippen LogP contribution in [0.25, 0.3) is 0 Å². The van der Waals surface area contributed by atoms with Crippen molar-refractivity contribution < 1.29 is 9.21 Å². The van der Waals surface area contributed by atoms with Crippen LogP contribution >= 0.6 is 11.6 Å². The van der Waals surface area contributed by atoms with Crippen molar-refractivity contribution >= 4 is 17.5 Å². The molecule has 1 aromatic heterocycles. The fourth-order valence-corrected chi connectivity index (χ4v) is 2.29. The van der Waals surface area contributed by atoms with Gasteiger partial charge in [-0.2, -0.15) is 0 Å². The zero-order chi connectivity index (χ0) is 14.5. The number of carbonyl (C=O) groups is 1. The van der Waals surface area contributed by atoms with Crippen LogP contribution in [0.15, 0.2) is 47.1 Å². The number of rotatable bonds is 5. The molecule has 0 saturated heterocycles. The van der Waals surface area contributed by atoms with E-state index in [1.165, 1.54) is 0 Å². The lowest BCUT2D eigenvalue weighted by molar-refractivity contribution is -0.132. The van der Waals surface area contributed by atoms with E-state index in [4.69, 9.17) is 16.0 Å². The number of halogens is 1. The quantitative estimate of drug-likeness (QED) is 0.831. The minimum absolute atomic E-state index is 0.0660. The Kier molecular flexibility index (Phi) is 4.85. The minimum atomic E-state index is -0.0660. The molecule has 0 radical (unpaired) electrons. The van der Waals surface area contributed by atoms with E-state index in [-0.39, 0.29) is 11.9 Å². The summed E-state index contributed by atoms with van der Waals surface area (Å²) in [6.45, 7) is 1.95. The maximum absolute atomic E-state index is 12.2. The van der Waals surface area contributed by atoms with Gasteiger partial charge in [0.25, 0.3) is 0 Å².